The number of nitrogens with one attached hydrogen (secondary N) is 1. The van der Waals surface area contributed by atoms with Crippen molar-refractivity contribution in [3.8, 4) is 0 Å². The molecule has 0 bridgehead atoms. The van der Waals surface area contributed by atoms with Gasteiger partial charge in [0.1, 0.15) is 5.82 Å². The molecule has 4 nitrogen and oxygen atoms in total. The summed E-state index contributed by atoms with van der Waals surface area (Å²) in [4.78, 5) is 4.20. The van der Waals surface area contributed by atoms with Gasteiger partial charge in [-0.05, 0) is 17.7 Å². The summed E-state index contributed by atoms with van der Waals surface area (Å²) in [5.41, 5.74) is 6.37. The second kappa shape index (κ2) is 4.82. The van der Waals surface area contributed by atoms with Crippen LogP contribution in [0.5, 0.6) is 0 Å². The number of halogens is 2. The Hall–Kier alpha value is -1.10. The summed E-state index contributed by atoms with van der Waals surface area (Å²) in [6.45, 7) is 0.324. The normalized spacial score (nSPS) is 10.7. The van der Waals surface area contributed by atoms with E-state index in [4.69, 9.17) is 28.9 Å². The van der Waals surface area contributed by atoms with Crippen LogP contribution in [0, 0.1) is 0 Å². The van der Waals surface area contributed by atoms with Gasteiger partial charge in [-0.3, -0.25) is 5.10 Å². The van der Waals surface area contributed by atoms with Crippen LogP contribution in [0.1, 0.15) is 17.2 Å². The maximum atomic E-state index is 6.05. The average molecular weight is 257 g/mol. The molecule has 0 aliphatic heterocycles. The number of hydrogen-bond acceptors (Lipinski definition) is 3. The van der Waals surface area contributed by atoms with Gasteiger partial charge in [-0.15, -0.1) is 0 Å². The highest BCUT2D eigenvalue weighted by molar-refractivity contribution is 6.35. The summed E-state index contributed by atoms with van der Waals surface area (Å²) in [5, 5.41) is 8.00. The lowest BCUT2D eigenvalue weighted by molar-refractivity contribution is 0.916. The van der Waals surface area contributed by atoms with E-state index in [-0.39, 0.29) is 0 Å². The fraction of sp³-hybridized carbons (Fsp3) is 0.200. The Morgan fingerprint density at radius 2 is 2.12 bits per heavy atom. The highest BCUT2D eigenvalue weighted by atomic mass is 35.5. The van der Waals surface area contributed by atoms with Crippen LogP contribution >= 0.6 is 23.2 Å². The SMILES string of the molecule is NCc1n[nH]c(Cc2ccc(Cl)cc2Cl)n1. The molecular weight excluding hydrogens is 247 g/mol. The molecule has 1 heterocycles. The molecular formula is C10H10Cl2N4. The highest BCUT2D eigenvalue weighted by Gasteiger charge is 2.06. The predicted octanol–water partition coefficient (Wildman–Crippen LogP) is 2.16. The predicted molar refractivity (Wildman–Crippen MR) is 63.5 cm³/mol. The first-order valence-electron chi connectivity index (χ1n) is 4.73. The van der Waals surface area contributed by atoms with Gasteiger partial charge < -0.3 is 5.73 Å². The molecule has 0 saturated carbocycles. The summed E-state index contributed by atoms with van der Waals surface area (Å²) >= 11 is 11.9. The van der Waals surface area contributed by atoms with E-state index in [0.717, 1.165) is 11.4 Å². The monoisotopic (exact) mass is 256 g/mol. The number of benzene rings is 1. The molecule has 1 aromatic heterocycles. The van der Waals surface area contributed by atoms with Crippen molar-refractivity contribution in [2.24, 2.45) is 5.73 Å². The van der Waals surface area contributed by atoms with Gasteiger partial charge in [-0.1, -0.05) is 29.3 Å². The number of H-pyrrole nitrogens is 1. The van der Waals surface area contributed by atoms with E-state index >= 15 is 0 Å². The molecule has 0 radical (unpaired) electrons. The second-order valence-electron chi connectivity index (χ2n) is 3.31. The van der Waals surface area contributed by atoms with Crippen molar-refractivity contribution in [2.75, 3.05) is 0 Å². The molecule has 2 rings (SSSR count). The van der Waals surface area contributed by atoms with E-state index in [9.17, 15) is 0 Å². The third kappa shape index (κ3) is 2.52. The van der Waals surface area contributed by atoms with Gasteiger partial charge in [0, 0.05) is 16.5 Å². The van der Waals surface area contributed by atoms with Gasteiger partial charge in [0.05, 0.1) is 6.54 Å². The molecule has 0 unspecified atom stereocenters. The average Bonchev–Trinajstić information content (AvgIpc) is 2.70. The minimum Gasteiger partial charge on any atom is -0.324 e. The first-order valence-corrected chi connectivity index (χ1v) is 5.49. The first kappa shape index (κ1) is 11.4. The van der Waals surface area contributed by atoms with Crippen molar-refractivity contribution in [1.82, 2.24) is 15.2 Å². The van der Waals surface area contributed by atoms with Crippen LogP contribution in [0.4, 0.5) is 0 Å². The Morgan fingerprint density at radius 3 is 2.75 bits per heavy atom. The molecule has 0 saturated heterocycles. The number of aromatic amines is 1. The fourth-order valence-electron chi connectivity index (χ4n) is 1.35. The van der Waals surface area contributed by atoms with Crippen molar-refractivity contribution in [1.29, 1.82) is 0 Å². The Kier molecular flexibility index (Phi) is 3.43. The number of nitrogens with zero attached hydrogens (tertiary/aromatic N) is 2. The zero-order valence-corrected chi connectivity index (χ0v) is 9.89. The van der Waals surface area contributed by atoms with E-state index in [0.29, 0.717) is 28.8 Å². The smallest absolute Gasteiger partial charge is 0.164 e. The Labute approximate surface area is 103 Å². The Balaban J connectivity index is 2.20. The van der Waals surface area contributed by atoms with E-state index in [1.54, 1.807) is 12.1 Å². The van der Waals surface area contributed by atoms with Gasteiger partial charge in [0.2, 0.25) is 0 Å². The van der Waals surface area contributed by atoms with Crippen molar-refractivity contribution in [2.45, 2.75) is 13.0 Å². The van der Waals surface area contributed by atoms with Crippen molar-refractivity contribution >= 4 is 23.2 Å². The van der Waals surface area contributed by atoms with Crippen LogP contribution in [0.2, 0.25) is 10.0 Å². The number of hydrogen-bond donors (Lipinski definition) is 2. The molecule has 0 spiro atoms. The van der Waals surface area contributed by atoms with Crippen molar-refractivity contribution < 1.29 is 0 Å². The van der Waals surface area contributed by atoms with E-state index in [1.807, 2.05) is 6.07 Å². The van der Waals surface area contributed by atoms with Crippen LogP contribution in [0.15, 0.2) is 18.2 Å². The molecule has 16 heavy (non-hydrogen) atoms. The minimum atomic E-state index is 0.324. The molecule has 0 fully saturated rings. The van der Waals surface area contributed by atoms with Crippen LogP contribution in [-0.4, -0.2) is 15.2 Å². The van der Waals surface area contributed by atoms with Gasteiger partial charge in [0.15, 0.2) is 5.82 Å². The van der Waals surface area contributed by atoms with Crippen LogP contribution in [-0.2, 0) is 13.0 Å². The second-order valence-corrected chi connectivity index (χ2v) is 4.16. The Morgan fingerprint density at radius 1 is 1.31 bits per heavy atom. The van der Waals surface area contributed by atoms with Crippen molar-refractivity contribution in [3.63, 3.8) is 0 Å². The molecule has 1 aromatic carbocycles. The van der Waals surface area contributed by atoms with Crippen molar-refractivity contribution in [3.05, 3.63) is 45.5 Å². The van der Waals surface area contributed by atoms with Gasteiger partial charge in [-0.2, -0.15) is 5.10 Å². The molecule has 6 heteroatoms. The first-order chi connectivity index (χ1) is 7.69. The summed E-state index contributed by atoms with van der Waals surface area (Å²) in [6, 6.07) is 5.37. The topological polar surface area (TPSA) is 67.6 Å². The van der Waals surface area contributed by atoms with E-state index in [2.05, 4.69) is 15.2 Å². The highest BCUT2D eigenvalue weighted by Crippen LogP contribution is 2.22. The Bertz CT molecular complexity index is 495. The van der Waals surface area contributed by atoms with Gasteiger partial charge in [-0.25, -0.2) is 4.98 Å². The maximum Gasteiger partial charge on any atom is 0.164 e. The van der Waals surface area contributed by atoms with Crippen LogP contribution in [0.3, 0.4) is 0 Å². The van der Waals surface area contributed by atoms with Gasteiger partial charge >= 0.3 is 0 Å². The standard InChI is InChI=1S/C10H10Cl2N4/c11-7-2-1-6(8(12)4-7)3-9-14-10(5-13)16-15-9/h1-2,4H,3,5,13H2,(H,14,15,16). The summed E-state index contributed by atoms with van der Waals surface area (Å²) < 4.78 is 0. The number of aromatic nitrogens is 3. The lowest BCUT2D eigenvalue weighted by atomic mass is 10.1. The minimum absolute atomic E-state index is 0.324. The molecule has 84 valence electrons. The quantitative estimate of drug-likeness (QED) is 0.885. The molecule has 3 N–H and O–H groups in total. The number of rotatable bonds is 3. The summed E-state index contributed by atoms with van der Waals surface area (Å²) in [6.07, 6.45) is 0.586. The fourth-order valence-corrected chi connectivity index (χ4v) is 1.83. The molecule has 0 atom stereocenters. The summed E-state index contributed by atoms with van der Waals surface area (Å²) in [7, 11) is 0. The molecule has 0 amide bonds. The van der Waals surface area contributed by atoms with E-state index < -0.39 is 0 Å². The van der Waals surface area contributed by atoms with Crippen LogP contribution < -0.4 is 5.73 Å². The maximum absolute atomic E-state index is 6.05. The molecule has 2 aromatic rings. The van der Waals surface area contributed by atoms with Gasteiger partial charge in [0.25, 0.3) is 0 Å². The lowest BCUT2D eigenvalue weighted by Gasteiger charge is -2.01. The third-order valence-corrected chi connectivity index (χ3v) is 2.72. The summed E-state index contributed by atoms with van der Waals surface area (Å²) in [5.74, 6) is 1.34. The molecule has 0 aliphatic rings. The van der Waals surface area contributed by atoms with E-state index in [1.165, 1.54) is 0 Å². The third-order valence-electron chi connectivity index (χ3n) is 2.13. The van der Waals surface area contributed by atoms with Crippen LogP contribution in [0.25, 0.3) is 0 Å². The lowest BCUT2D eigenvalue weighted by Crippen LogP contribution is -1.98. The molecule has 0 aliphatic carbocycles. The largest absolute Gasteiger partial charge is 0.324 e. The zero-order valence-electron chi connectivity index (χ0n) is 8.37. The number of nitrogens with two attached hydrogens (primary N) is 1. The zero-order chi connectivity index (χ0) is 11.5.